The fraction of sp³-hybridized carbons (Fsp3) is 0.640. The second-order valence-electron chi connectivity index (χ2n) is 18.7. The van der Waals surface area contributed by atoms with Crippen molar-refractivity contribution in [2.24, 2.45) is 23.7 Å². The van der Waals surface area contributed by atoms with E-state index in [1.807, 2.05) is 93.3 Å². The van der Waals surface area contributed by atoms with Crippen molar-refractivity contribution >= 4 is 45.1 Å². The van der Waals surface area contributed by atoms with Crippen LogP contribution in [0, 0.1) is 23.7 Å². The van der Waals surface area contributed by atoms with Gasteiger partial charge in [-0.3, -0.25) is 37.9 Å². The van der Waals surface area contributed by atoms with Crippen molar-refractivity contribution < 1.29 is 51.2 Å². The van der Waals surface area contributed by atoms with Gasteiger partial charge in [-0.2, -0.15) is 8.42 Å². The van der Waals surface area contributed by atoms with Crippen LogP contribution >= 0.6 is 0 Å². The molecule has 1 aliphatic heterocycles. The second kappa shape index (κ2) is 28.1. The second-order valence-corrected chi connectivity index (χ2v) is 20.4. The molecular formula is C50H75N3O11S. The number of Topliss-reactive ketones (excluding diaryl/α,β-unsaturated/α-hetero) is 4. The van der Waals surface area contributed by atoms with E-state index in [0.717, 1.165) is 18.1 Å². The summed E-state index contributed by atoms with van der Waals surface area (Å²) in [6.07, 6.45) is 3.27. The Balaban J connectivity index is 1.80. The minimum Gasteiger partial charge on any atom is -0.380 e. The highest BCUT2D eigenvalue weighted by atomic mass is 32.2. The van der Waals surface area contributed by atoms with Gasteiger partial charge in [-0.05, 0) is 74.8 Å². The number of ether oxygens (including phenoxy) is 1. The third-order valence-corrected chi connectivity index (χ3v) is 12.9. The maximum absolute atomic E-state index is 14.4. The minimum atomic E-state index is -4.12. The Labute approximate surface area is 387 Å². The predicted octanol–water partition coefficient (Wildman–Crippen LogP) is 5.61. The Bertz CT molecular complexity index is 1920. The summed E-state index contributed by atoms with van der Waals surface area (Å²) in [6, 6.07) is 16.6. The zero-order valence-corrected chi connectivity index (χ0v) is 40.4. The van der Waals surface area contributed by atoms with Gasteiger partial charge in [0, 0.05) is 50.6 Å². The third-order valence-electron chi connectivity index (χ3n) is 11.7. The van der Waals surface area contributed by atoms with Crippen molar-refractivity contribution in [2.75, 3.05) is 45.2 Å². The number of aryl methyl sites for hydroxylation is 1. The number of carbonyl (C=O) groups is 6. The lowest BCUT2D eigenvalue weighted by atomic mass is 9.86. The molecule has 5 atom stereocenters. The molecule has 65 heavy (non-hydrogen) atoms. The summed E-state index contributed by atoms with van der Waals surface area (Å²) in [6.45, 7) is 12.1. The van der Waals surface area contributed by atoms with E-state index in [1.54, 1.807) is 6.92 Å². The third kappa shape index (κ3) is 21.4. The molecule has 0 aliphatic carbocycles. The van der Waals surface area contributed by atoms with Crippen molar-refractivity contribution in [1.29, 1.82) is 0 Å². The maximum atomic E-state index is 14.4. The number of benzene rings is 2. The topological polar surface area (TPSA) is 203 Å². The Morgan fingerprint density at radius 3 is 1.94 bits per heavy atom. The molecule has 2 amide bonds. The van der Waals surface area contributed by atoms with Gasteiger partial charge >= 0.3 is 0 Å². The molecule has 1 saturated heterocycles. The van der Waals surface area contributed by atoms with Gasteiger partial charge in [-0.25, -0.2) is 0 Å². The van der Waals surface area contributed by atoms with E-state index in [-0.39, 0.29) is 80.0 Å². The van der Waals surface area contributed by atoms with E-state index in [4.69, 9.17) is 8.92 Å². The molecule has 15 heteroatoms. The molecule has 0 saturated carbocycles. The highest BCUT2D eigenvalue weighted by Crippen LogP contribution is 2.22. The molecule has 1 aliphatic rings. The first-order valence-corrected chi connectivity index (χ1v) is 25.0. The molecule has 0 spiro atoms. The van der Waals surface area contributed by atoms with Crippen LogP contribution < -0.4 is 10.6 Å². The molecule has 1 heterocycles. The highest BCUT2D eigenvalue weighted by molar-refractivity contribution is 7.86. The van der Waals surface area contributed by atoms with Gasteiger partial charge in [0.25, 0.3) is 10.1 Å². The van der Waals surface area contributed by atoms with Crippen molar-refractivity contribution in [1.82, 2.24) is 15.5 Å². The van der Waals surface area contributed by atoms with E-state index in [0.29, 0.717) is 64.8 Å². The minimum absolute atomic E-state index is 0.00592. The molecule has 3 rings (SSSR count). The number of carbonyl (C=O) groups excluding carboxylic acids is 6. The van der Waals surface area contributed by atoms with Gasteiger partial charge in [0.15, 0.2) is 11.6 Å². The van der Waals surface area contributed by atoms with Crippen LogP contribution in [-0.4, -0.2) is 116 Å². The number of amides is 2. The van der Waals surface area contributed by atoms with Gasteiger partial charge in [0.05, 0.1) is 37.6 Å². The Hall–Kier alpha value is -4.15. The molecule has 0 bridgehead atoms. The first-order chi connectivity index (χ1) is 30.8. The molecule has 14 nitrogen and oxygen atoms in total. The van der Waals surface area contributed by atoms with Crippen LogP contribution in [0.3, 0.4) is 0 Å². The Kier molecular flexibility index (Phi) is 23.9. The van der Waals surface area contributed by atoms with Crippen molar-refractivity contribution in [3.05, 3.63) is 71.8 Å². The van der Waals surface area contributed by atoms with Crippen LogP contribution in [0.2, 0.25) is 0 Å². The van der Waals surface area contributed by atoms with Crippen LogP contribution in [0.5, 0.6) is 0 Å². The van der Waals surface area contributed by atoms with Crippen molar-refractivity contribution in [3.63, 3.8) is 0 Å². The fourth-order valence-corrected chi connectivity index (χ4v) is 8.97. The summed E-state index contributed by atoms with van der Waals surface area (Å²) in [5, 5.41) is 17.1. The van der Waals surface area contributed by atoms with Gasteiger partial charge in [0.2, 0.25) is 11.8 Å². The van der Waals surface area contributed by atoms with Crippen LogP contribution in [0.1, 0.15) is 117 Å². The van der Waals surface area contributed by atoms with Crippen LogP contribution in [0.15, 0.2) is 60.7 Å². The summed E-state index contributed by atoms with van der Waals surface area (Å²) < 4.78 is 36.0. The number of ketones is 4. The largest absolute Gasteiger partial charge is 0.380 e. The van der Waals surface area contributed by atoms with E-state index in [2.05, 4.69) is 10.6 Å². The average molecular weight is 926 g/mol. The van der Waals surface area contributed by atoms with Crippen molar-refractivity contribution in [3.8, 4) is 0 Å². The van der Waals surface area contributed by atoms with E-state index in [9.17, 15) is 42.3 Å². The predicted molar refractivity (Wildman–Crippen MR) is 250 cm³/mol. The zero-order chi connectivity index (χ0) is 48.0. The molecule has 1 fully saturated rings. The van der Waals surface area contributed by atoms with E-state index >= 15 is 0 Å². The first-order valence-electron chi connectivity index (χ1n) is 23.5. The smallest absolute Gasteiger partial charge is 0.267 e. The van der Waals surface area contributed by atoms with Crippen molar-refractivity contribution in [2.45, 2.75) is 136 Å². The van der Waals surface area contributed by atoms with Gasteiger partial charge in [-0.15, -0.1) is 0 Å². The molecule has 0 radical (unpaired) electrons. The quantitative estimate of drug-likeness (QED) is 0.0606. The van der Waals surface area contributed by atoms with Gasteiger partial charge in [0.1, 0.15) is 23.8 Å². The number of nitrogens with zero attached hydrogens (tertiary/aromatic N) is 1. The normalized spacial score (nSPS) is 16.3. The SMILES string of the molecule is CCC(=O)CCCCCS(=O)(=O)OCC(C)(O)C(=O)[C@H](CC(C)C)NC(=O)[C@@H](CC(=O)[C@H](CC(C)C)NC(=O)[C@H](CCc1ccccc1)CC(=O)CN1CCOCC1)Cc1ccccc1. The number of rotatable bonds is 32. The van der Waals surface area contributed by atoms with Crippen LogP contribution in [-0.2, 0) is 60.6 Å². The first kappa shape index (κ1) is 55.2. The van der Waals surface area contributed by atoms with Gasteiger partial charge < -0.3 is 20.5 Å². The monoisotopic (exact) mass is 926 g/mol. The number of hydrogen-bond acceptors (Lipinski definition) is 12. The molecule has 2 aromatic carbocycles. The summed E-state index contributed by atoms with van der Waals surface area (Å²) in [5.41, 5.74) is -0.516. The summed E-state index contributed by atoms with van der Waals surface area (Å²) in [7, 11) is -4.12. The Morgan fingerprint density at radius 1 is 0.769 bits per heavy atom. The fourth-order valence-electron chi connectivity index (χ4n) is 7.89. The number of nitrogens with one attached hydrogen (secondary N) is 2. The Morgan fingerprint density at radius 2 is 1.34 bits per heavy atom. The van der Waals surface area contributed by atoms with Crippen LogP contribution in [0.4, 0.5) is 0 Å². The molecule has 0 aromatic heterocycles. The average Bonchev–Trinajstić information content (AvgIpc) is 3.26. The summed E-state index contributed by atoms with van der Waals surface area (Å²) in [5.74, 6) is -4.41. The standard InChI is InChI=1S/C50H75N3O11S/c1-7-42(54)21-15-10-16-28-65(61,62)64-35-50(6,60)47(57)45(30-37(4)5)52-49(59)41(31-39-19-13-9-14-20-39)33-46(56)44(29-36(2)3)51-48(58)40(23-22-38-17-11-8-12-18-38)32-43(55)34-53-24-26-63-27-25-53/h8-9,11-14,17-20,36-37,40-41,44-45,60H,7,10,15-16,21-35H2,1-6H3,(H,51,58)(H,52,59)/t40-,41-,44+,45+,50?/m1/s1. The highest BCUT2D eigenvalue weighted by Gasteiger charge is 2.40. The molecule has 2 aromatic rings. The lowest BCUT2D eigenvalue weighted by Gasteiger charge is -2.30. The molecule has 3 N–H and O–H groups in total. The zero-order valence-electron chi connectivity index (χ0n) is 39.6. The lowest BCUT2D eigenvalue weighted by molar-refractivity contribution is -0.143. The molecule has 1 unspecified atom stereocenters. The van der Waals surface area contributed by atoms with E-state index in [1.165, 1.54) is 0 Å². The van der Waals surface area contributed by atoms with Gasteiger partial charge in [-0.1, -0.05) is 102 Å². The summed E-state index contributed by atoms with van der Waals surface area (Å²) >= 11 is 0. The van der Waals surface area contributed by atoms with E-state index < -0.39 is 63.8 Å². The lowest BCUT2D eigenvalue weighted by Crippen LogP contribution is -2.54. The number of aliphatic hydroxyl groups is 1. The number of unbranched alkanes of at least 4 members (excludes halogenated alkanes) is 2. The molecular weight excluding hydrogens is 851 g/mol. The number of hydrogen-bond donors (Lipinski definition) is 3. The van der Waals surface area contributed by atoms with Crippen LogP contribution in [0.25, 0.3) is 0 Å². The maximum Gasteiger partial charge on any atom is 0.267 e. The molecule has 362 valence electrons. The summed E-state index contributed by atoms with van der Waals surface area (Å²) in [4.78, 5) is 83.9. The number of morpholine rings is 1.